The fraction of sp³-hybridized carbons (Fsp3) is 0.200. The largest absolute Gasteiger partial charge is 0.364 e. The number of aryl methyl sites for hydroxylation is 1. The van der Waals surface area contributed by atoms with Gasteiger partial charge in [-0.05, 0) is 19.4 Å². The molecule has 0 aliphatic rings. The van der Waals surface area contributed by atoms with Gasteiger partial charge in [-0.2, -0.15) is 9.61 Å². The summed E-state index contributed by atoms with van der Waals surface area (Å²) in [6.45, 7) is 3.83. The van der Waals surface area contributed by atoms with Crippen molar-refractivity contribution in [2.24, 2.45) is 0 Å². The second kappa shape index (κ2) is 3.53. The molecule has 3 aromatic heterocycles. The number of fused-ring (bicyclic) bond motifs is 1. The highest BCUT2D eigenvalue weighted by molar-refractivity contribution is 6.30. The first-order valence-electron chi connectivity index (χ1n) is 4.97. The van der Waals surface area contributed by atoms with Crippen LogP contribution < -0.4 is 0 Å². The number of aromatic nitrogens is 5. The molecule has 17 heavy (non-hydrogen) atoms. The van der Waals surface area contributed by atoms with E-state index in [-0.39, 0.29) is 0 Å². The molecule has 3 rings (SSSR count). The molecule has 0 amide bonds. The van der Waals surface area contributed by atoms with E-state index in [1.807, 2.05) is 13.8 Å². The van der Waals surface area contributed by atoms with Gasteiger partial charge in [0.05, 0.1) is 0 Å². The number of hydrogen-bond donors (Lipinski definition) is 0. The van der Waals surface area contributed by atoms with Crippen LogP contribution >= 0.6 is 11.6 Å². The first-order valence-corrected chi connectivity index (χ1v) is 5.35. The van der Waals surface area contributed by atoms with Crippen molar-refractivity contribution in [2.45, 2.75) is 13.8 Å². The van der Waals surface area contributed by atoms with E-state index in [4.69, 9.17) is 16.1 Å². The Hall–Kier alpha value is -1.95. The quantitative estimate of drug-likeness (QED) is 0.660. The number of hydrogen-bond acceptors (Lipinski definition) is 5. The standard InChI is InChI=1S/C10H8ClN5O/c1-5-6(2)9-12-13-10(7-3-4-17-15-7)16(9)14-8(5)11/h3-4H,1-2H3. The fourth-order valence-electron chi connectivity index (χ4n) is 1.58. The Morgan fingerprint density at radius 1 is 1.24 bits per heavy atom. The molecule has 6 nitrogen and oxygen atoms in total. The zero-order valence-electron chi connectivity index (χ0n) is 9.18. The van der Waals surface area contributed by atoms with Crippen LogP contribution in [0.3, 0.4) is 0 Å². The molecule has 3 aromatic rings. The second-order valence-electron chi connectivity index (χ2n) is 3.68. The smallest absolute Gasteiger partial charge is 0.207 e. The van der Waals surface area contributed by atoms with Gasteiger partial charge in [0.15, 0.2) is 16.5 Å². The van der Waals surface area contributed by atoms with Gasteiger partial charge in [0.25, 0.3) is 0 Å². The van der Waals surface area contributed by atoms with Crippen molar-refractivity contribution >= 4 is 17.2 Å². The summed E-state index contributed by atoms with van der Waals surface area (Å²) in [5.74, 6) is 0.513. The Morgan fingerprint density at radius 2 is 2.06 bits per heavy atom. The molecule has 0 aliphatic carbocycles. The minimum Gasteiger partial charge on any atom is -0.364 e. The zero-order chi connectivity index (χ0) is 12.0. The fourth-order valence-corrected chi connectivity index (χ4v) is 1.80. The van der Waals surface area contributed by atoms with Crippen LogP contribution in [0.4, 0.5) is 0 Å². The summed E-state index contributed by atoms with van der Waals surface area (Å²) in [6.07, 6.45) is 1.47. The Kier molecular flexibility index (Phi) is 2.12. The van der Waals surface area contributed by atoms with Crippen molar-refractivity contribution < 1.29 is 4.52 Å². The lowest BCUT2D eigenvalue weighted by Gasteiger charge is -2.03. The Balaban J connectivity index is 2.37. The lowest BCUT2D eigenvalue weighted by molar-refractivity contribution is 0.421. The van der Waals surface area contributed by atoms with Gasteiger partial charge < -0.3 is 4.52 Å². The molecule has 3 heterocycles. The molecule has 0 saturated carbocycles. The lowest BCUT2D eigenvalue weighted by atomic mass is 10.2. The molecule has 0 N–H and O–H groups in total. The van der Waals surface area contributed by atoms with Crippen LogP contribution in [-0.2, 0) is 0 Å². The Morgan fingerprint density at radius 3 is 2.76 bits per heavy atom. The van der Waals surface area contributed by atoms with Crippen molar-refractivity contribution in [3.8, 4) is 11.5 Å². The monoisotopic (exact) mass is 249 g/mol. The van der Waals surface area contributed by atoms with Gasteiger partial charge in [-0.25, -0.2) is 0 Å². The van der Waals surface area contributed by atoms with Crippen LogP contribution in [0.1, 0.15) is 11.1 Å². The molecule has 0 unspecified atom stereocenters. The van der Waals surface area contributed by atoms with E-state index in [1.54, 1.807) is 10.6 Å². The van der Waals surface area contributed by atoms with Crippen molar-refractivity contribution in [1.29, 1.82) is 0 Å². The normalized spacial score (nSPS) is 11.2. The van der Waals surface area contributed by atoms with E-state index in [1.165, 1.54) is 6.26 Å². The van der Waals surface area contributed by atoms with E-state index in [2.05, 4.69) is 20.5 Å². The Labute approximate surface area is 101 Å². The number of nitrogens with zero attached hydrogens (tertiary/aromatic N) is 5. The second-order valence-corrected chi connectivity index (χ2v) is 4.04. The maximum Gasteiger partial charge on any atom is 0.207 e. The SMILES string of the molecule is Cc1c(Cl)nn2c(-c3ccon3)nnc2c1C. The predicted octanol–water partition coefficient (Wildman–Crippen LogP) is 2.05. The highest BCUT2D eigenvalue weighted by Gasteiger charge is 2.16. The van der Waals surface area contributed by atoms with Crippen LogP contribution in [0.25, 0.3) is 17.2 Å². The molecule has 0 aromatic carbocycles. The van der Waals surface area contributed by atoms with Gasteiger partial charge in [0.2, 0.25) is 5.82 Å². The average molecular weight is 250 g/mol. The van der Waals surface area contributed by atoms with Crippen LogP contribution in [-0.4, -0.2) is 25.0 Å². The van der Waals surface area contributed by atoms with Gasteiger partial charge in [-0.15, -0.1) is 10.2 Å². The maximum atomic E-state index is 6.05. The third-order valence-electron chi connectivity index (χ3n) is 2.70. The van der Waals surface area contributed by atoms with Gasteiger partial charge in [0.1, 0.15) is 6.26 Å². The van der Waals surface area contributed by atoms with Crippen molar-refractivity contribution in [1.82, 2.24) is 25.0 Å². The van der Waals surface area contributed by atoms with Crippen molar-refractivity contribution in [3.63, 3.8) is 0 Å². The first-order chi connectivity index (χ1) is 8.18. The molecule has 0 radical (unpaired) electrons. The van der Waals surface area contributed by atoms with E-state index in [9.17, 15) is 0 Å². The minimum absolute atomic E-state index is 0.430. The van der Waals surface area contributed by atoms with Crippen LogP contribution in [0.2, 0.25) is 5.15 Å². The third-order valence-corrected chi connectivity index (χ3v) is 3.06. The summed E-state index contributed by atoms with van der Waals surface area (Å²) >= 11 is 6.05. The lowest BCUT2D eigenvalue weighted by Crippen LogP contribution is -2.00. The molecule has 0 aliphatic heterocycles. The van der Waals surface area contributed by atoms with Crippen molar-refractivity contribution in [2.75, 3.05) is 0 Å². The molecule has 0 bridgehead atoms. The van der Waals surface area contributed by atoms with E-state index < -0.39 is 0 Å². The maximum absolute atomic E-state index is 6.05. The van der Waals surface area contributed by atoms with E-state index in [0.29, 0.717) is 22.3 Å². The summed E-state index contributed by atoms with van der Waals surface area (Å²) in [4.78, 5) is 0. The van der Waals surface area contributed by atoms with E-state index in [0.717, 1.165) is 11.1 Å². The third kappa shape index (κ3) is 1.41. The number of halogens is 1. The van der Waals surface area contributed by atoms with Crippen LogP contribution in [0.15, 0.2) is 16.9 Å². The summed E-state index contributed by atoms with van der Waals surface area (Å²) in [5, 5.41) is 16.6. The highest BCUT2D eigenvalue weighted by atomic mass is 35.5. The topological polar surface area (TPSA) is 69.1 Å². The molecular formula is C10H8ClN5O. The molecule has 7 heteroatoms. The first kappa shape index (κ1) is 10.2. The summed E-state index contributed by atoms with van der Waals surface area (Å²) in [6, 6.07) is 1.70. The van der Waals surface area contributed by atoms with Crippen molar-refractivity contribution in [3.05, 3.63) is 28.6 Å². The van der Waals surface area contributed by atoms with Crippen LogP contribution in [0, 0.1) is 13.8 Å². The average Bonchev–Trinajstić information content (AvgIpc) is 2.93. The Bertz CT molecular complexity index is 688. The molecular weight excluding hydrogens is 242 g/mol. The molecule has 0 fully saturated rings. The molecule has 0 atom stereocenters. The highest BCUT2D eigenvalue weighted by Crippen LogP contribution is 2.22. The van der Waals surface area contributed by atoms with Gasteiger partial charge in [-0.3, -0.25) is 0 Å². The summed E-state index contributed by atoms with van der Waals surface area (Å²) in [7, 11) is 0. The minimum atomic E-state index is 0.430. The molecule has 86 valence electrons. The summed E-state index contributed by atoms with van der Waals surface area (Å²) in [5.41, 5.74) is 3.10. The van der Waals surface area contributed by atoms with Gasteiger partial charge >= 0.3 is 0 Å². The van der Waals surface area contributed by atoms with E-state index >= 15 is 0 Å². The van der Waals surface area contributed by atoms with Crippen LogP contribution in [0.5, 0.6) is 0 Å². The zero-order valence-corrected chi connectivity index (χ0v) is 9.93. The molecule has 0 saturated heterocycles. The number of rotatable bonds is 1. The van der Waals surface area contributed by atoms with Gasteiger partial charge in [0, 0.05) is 11.6 Å². The molecule has 0 spiro atoms. The predicted molar refractivity (Wildman–Crippen MR) is 60.8 cm³/mol. The summed E-state index contributed by atoms with van der Waals surface area (Å²) < 4.78 is 6.35. The van der Waals surface area contributed by atoms with Gasteiger partial charge in [-0.1, -0.05) is 16.8 Å².